The van der Waals surface area contributed by atoms with E-state index in [0.717, 1.165) is 44.6 Å². The van der Waals surface area contributed by atoms with Crippen LogP contribution >= 0.6 is 22.7 Å². The van der Waals surface area contributed by atoms with Gasteiger partial charge in [-0.2, -0.15) is 0 Å². The molecule has 0 aliphatic rings. The SMILES string of the molecule is COCCCn1c(-c2cccs2)c(NC(=O)c2ccc(C)cc2)sc1=Nc1ccccc1. The van der Waals surface area contributed by atoms with Gasteiger partial charge in [0.05, 0.1) is 16.3 Å². The number of rotatable bonds is 8. The quantitative estimate of drug-likeness (QED) is 0.321. The molecule has 0 radical (unpaired) electrons. The Balaban J connectivity index is 1.81. The number of benzene rings is 2. The first-order valence-corrected chi connectivity index (χ1v) is 12.1. The summed E-state index contributed by atoms with van der Waals surface area (Å²) in [6.45, 7) is 3.41. The number of nitrogens with zero attached hydrogens (tertiary/aromatic N) is 2. The van der Waals surface area contributed by atoms with Crippen molar-refractivity contribution in [3.05, 3.63) is 88.0 Å². The van der Waals surface area contributed by atoms with Gasteiger partial charge in [0.25, 0.3) is 5.91 Å². The molecular weight excluding hydrogens is 438 g/mol. The van der Waals surface area contributed by atoms with Gasteiger partial charge in [-0.25, -0.2) is 4.99 Å². The van der Waals surface area contributed by atoms with E-state index in [9.17, 15) is 4.79 Å². The zero-order valence-corrected chi connectivity index (χ0v) is 19.7. The van der Waals surface area contributed by atoms with Gasteiger partial charge in [-0.1, -0.05) is 53.3 Å². The summed E-state index contributed by atoms with van der Waals surface area (Å²) in [5, 5.41) is 5.99. The molecule has 0 saturated heterocycles. The fourth-order valence-corrected chi connectivity index (χ4v) is 5.24. The van der Waals surface area contributed by atoms with Crippen LogP contribution in [0.3, 0.4) is 0 Å². The first-order chi connectivity index (χ1) is 15.7. The lowest BCUT2D eigenvalue weighted by Crippen LogP contribution is -2.17. The molecule has 2 heterocycles. The van der Waals surface area contributed by atoms with E-state index in [1.807, 2.05) is 73.0 Å². The highest BCUT2D eigenvalue weighted by Gasteiger charge is 2.19. The minimum absolute atomic E-state index is 0.126. The molecule has 5 nitrogen and oxygen atoms in total. The maximum absolute atomic E-state index is 13.0. The van der Waals surface area contributed by atoms with Crippen molar-refractivity contribution in [2.24, 2.45) is 4.99 Å². The monoisotopic (exact) mass is 463 g/mol. The van der Waals surface area contributed by atoms with E-state index in [1.165, 1.54) is 11.3 Å². The highest BCUT2D eigenvalue weighted by atomic mass is 32.1. The van der Waals surface area contributed by atoms with Gasteiger partial charge in [0, 0.05) is 25.8 Å². The van der Waals surface area contributed by atoms with Gasteiger partial charge < -0.3 is 14.6 Å². The number of hydrogen-bond donors (Lipinski definition) is 1. The number of anilines is 1. The number of hydrogen-bond acceptors (Lipinski definition) is 5. The molecule has 0 unspecified atom stereocenters. The molecule has 0 bridgehead atoms. The summed E-state index contributed by atoms with van der Waals surface area (Å²) in [7, 11) is 1.71. The van der Waals surface area contributed by atoms with Gasteiger partial charge in [0.1, 0.15) is 5.00 Å². The second-order valence-corrected chi connectivity index (χ2v) is 9.23. The van der Waals surface area contributed by atoms with Crippen molar-refractivity contribution in [2.45, 2.75) is 19.9 Å². The summed E-state index contributed by atoms with van der Waals surface area (Å²) in [6, 6.07) is 21.6. The molecule has 0 aliphatic carbocycles. The third-order valence-electron chi connectivity index (χ3n) is 4.92. The fourth-order valence-electron chi connectivity index (χ4n) is 3.31. The van der Waals surface area contributed by atoms with Gasteiger partial charge in [-0.05, 0) is 49.1 Å². The van der Waals surface area contributed by atoms with E-state index < -0.39 is 0 Å². The number of carbonyl (C=O) groups is 1. The number of nitrogens with one attached hydrogen (secondary N) is 1. The fraction of sp³-hybridized carbons (Fsp3) is 0.200. The van der Waals surface area contributed by atoms with Gasteiger partial charge in [-0.3, -0.25) is 4.79 Å². The molecule has 32 heavy (non-hydrogen) atoms. The molecule has 2 aromatic carbocycles. The van der Waals surface area contributed by atoms with Crippen LogP contribution in [0.2, 0.25) is 0 Å². The highest BCUT2D eigenvalue weighted by Crippen LogP contribution is 2.34. The molecule has 0 spiro atoms. The Kier molecular flexibility index (Phi) is 7.32. The van der Waals surface area contributed by atoms with Crippen LogP contribution in [-0.4, -0.2) is 24.2 Å². The van der Waals surface area contributed by atoms with Crippen molar-refractivity contribution in [1.29, 1.82) is 0 Å². The normalized spacial score (nSPS) is 11.6. The molecule has 4 rings (SSSR count). The third-order valence-corrected chi connectivity index (χ3v) is 6.79. The molecule has 7 heteroatoms. The first-order valence-electron chi connectivity index (χ1n) is 10.4. The van der Waals surface area contributed by atoms with Crippen molar-refractivity contribution >= 4 is 39.3 Å². The Labute approximate surface area is 195 Å². The lowest BCUT2D eigenvalue weighted by Gasteiger charge is -2.10. The van der Waals surface area contributed by atoms with Crippen molar-refractivity contribution in [3.8, 4) is 10.6 Å². The van der Waals surface area contributed by atoms with Gasteiger partial charge in [-0.15, -0.1) is 11.3 Å². The van der Waals surface area contributed by atoms with Gasteiger partial charge in [0.15, 0.2) is 4.80 Å². The number of amides is 1. The standard InChI is InChI=1S/C25H25N3O2S2/c1-18-11-13-19(14-12-18)23(29)27-24-22(21-10-6-17-31-21)28(15-7-16-30-2)25(32-24)26-20-8-4-3-5-9-20/h3-6,8-14,17H,7,15-16H2,1-2H3,(H,27,29). The van der Waals surface area contributed by atoms with E-state index in [-0.39, 0.29) is 5.91 Å². The average Bonchev–Trinajstić information content (AvgIpc) is 3.43. The lowest BCUT2D eigenvalue weighted by atomic mass is 10.1. The number of thiazole rings is 1. The van der Waals surface area contributed by atoms with Crippen molar-refractivity contribution in [1.82, 2.24) is 4.57 Å². The van der Waals surface area contributed by atoms with Crippen molar-refractivity contribution in [3.63, 3.8) is 0 Å². The molecular formula is C25H25N3O2S2. The van der Waals surface area contributed by atoms with Gasteiger partial charge in [0.2, 0.25) is 0 Å². The Morgan fingerprint density at radius 1 is 1.06 bits per heavy atom. The molecule has 4 aromatic rings. The van der Waals surface area contributed by atoms with Crippen LogP contribution in [0, 0.1) is 6.92 Å². The molecule has 164 valence electrons. The first kappa shape index (κ1) is 22.2. The summed E-state index contributed by atoms with van der Waals surface area (Å²) in [5.74, 6) is -0.126. The summed E-state index contributed by atoms with van der Waals surface area (Å²) < 4.78 is 7.47. The Morgan fingerprint density at radius 2 is 1.84 bits per heavy atom. The van der Waals surface area contributed by atoms with Crippen LogP contribution in [0.1, 0.15) is 22.3 Å². The number of ether oxygens (including phenoxy) is 1. The van der Waals surface area contributed by atoms with E-state index in [4.69, 9.17) is 9.73 Å². The van der Waals surface area contributed by atoms with Crippen molar-refractivity contribution < 1.29 is 9.53 Å². The molecule has 2 aromatic heterocycles. The molecule has 0 atom stereocenters. The summed E-state index contributed by atoms with van der Waals surface area (Å²) in [4.78, 5) is 19.9. The van der Waals surface area contributed by atoms with E-state index >= 15 is 0 Å². The number of methoxy groups -OCH3 is 1. The Morgan fingerprint density at radius 3 is 2.53 bits per heavy atom. The van der Waals surface area contributed by atoms with E-state index in [2.05, 4.69) is 16.0 Å². The second kappa shape index (κ2) is 10.5. The molecule has 0 fully saturated rings. The number of thiophene rings is 1. The summed E-state index contributed by atoms with van der Waals surface area (Å²) in [5.41, 5.74) is 3.62. The molecule has 1 N–H and O–H groups in total. The predicted molar refractivity (Wildman–Crippen MR) is 133 cm³/mol. The van der Waals surface area contributed by atoms with Crippen LogP contribution in [-0.2, 0) is 11.3 Å². The van der Waals surface area contributed by atoms with Crippen LogP contribution in [0.4, 0.5) is 10.7 Å². The molecule has 0 saturated carbocycles. The second-order valence-electron chi connectivity index (χ2n) is 7.31. The summed E-state index contributed by atoms with van der Waals surface area (Å²) in [6.07, 6.45) is 0.846. The van der Waals surface area contributed by atoms with Crippen LogP contribution in [0.25, 0.3) is 10.6 Å². The minimum Gasteiger partial charge on any atom is -0.385 e. The zero-order chi connectivity index (χ0) is 22.3. The Bertz CT molecular complexity index is 1220. The summed E-state index contributed by atoms with van der Waals surface area (Å²) >= 11 is 3.14. The van der Waals surface area contributed by atoms with Crippen molar-refractivity contribution in [2.75, 3.05) is 19.0 Å². The van der Waals surface area contributed by atoms with E-state index in [0.29, 0.717) is 12.2 Å². The van der Waals surface area contributed by atoms with Crippen LogP contribution in [0.15, 0.2) is 77.1 Å². The molecule has 1 amide bonds. The van der Waals surface area contributed by atoms with Gasteiger partial charge >= 0.3 is 0 Å². The maximum Gasteiger partial charge on any atom is 0.256 e. The van der Waals surface area contributed by atoms with Crippen LogP contribution < -0.4 is 10.1 Å². The minimum atomic E-state index is -0.126. The number of para-hydroxylation sites is 1. The van der Waals surface area contributed by atoms with E-state index in [1.54, 1.807) is 18.4 Å². The number of aryl methyl sites for hydroxylation is 1. The third kappa shape index (κ3) is 5.24. The zero-order valence-electron chi connectivity index (χ0n) is 18.1. The largest absolute Gasteiger partial charge is 0.385 e. The number of aromatic nitrogens is 1. The highest BCUT2D eigenvalue weighted by molar-refractivity contribution is 7.16. The lowest BCUT2D eigenvalue weighted by molar-refractivity contribution is 0.102. The Hall–Kier alpha value is -3.00. The molecule has 0 aliphatic heterocycles. The smallest absolute Gasteiger partial charge is 0.256 e. The number of carbonyl (C=O) groups excluding carboxylic acids is 1. The van der Waals surface area contributed by atoms with Crippen LogP contribution in [0.5, 0.6) is 0 Å². The predicted octanol–water partition coefficient (Wildman–Crippen LogP) is 6.11. The maximum atomic E-state index is 13.0. The average molecular weight is 464 g/mol. The topological polar surface area (TPSA) is 55.6 Å².